The van der Waals surface area contributed by atoms with Crippen molar-refractivity contribution in [2.75, 3.05) is 13.2 Å². The molecule has 2 heterocycles. The van der Waals surface area contributed by atoms with Gasteiger partial charge in [0.2, 0.25) is 6.41 Å². The van der Waals surface area contributed by atoms with Crippen LogP contribution >= 0.6 is 11.6 Å². The largest absolute Gasteiger partial charge is 0.522 e. The topological polar surface area (TPSA) is 94.8 Å². The molecule has 1 saturated carbocycles. The third-order valence-corrected chi connectivity index (χ3v) is 5.41. The summed E-state index contributed by atoms with van der Waals surface area (Å²) in [5, 5.41) is 16.1. The van der Waals surface area contributed by atoms with E-state index in [1.807, 2.05) is 6.92 Å². The lowest BCUT2D eigenvalue weighted by Crippen LogP contribution is -2.42. The van der Waals surface area contributed by atoms with Gasteiger partial charge in [0.15, 0.2) is 5.75 Å². The lowest BCUT2D eigenvalue weighted by Gasteiger charge is -2.34. The summed E-state index contributed by atoms with van der Waals surface area (Å²) in [4.78, 5) is 9.45. The Balaban J connectivity index is 0.000000221. The van der Waals surface area contributed by atoms with E-state index in [0.717, 1.165) is 13.0 Å². The molecule has 0 bridgehead atoms. The Hall–Kier alpha value is -2.83. The van der Waals surface area contributed by atoms with Crippen LogP contribution in [-0.4, -0.2) is 53.0 Å². The maximum atomic E-state index is 12.9. The molecule has 13 heteroatoms. The highest BCUT2D eigenvalue weighted by atomic mass is 35.5. The van der Waals surface area contributed by atoms with Crippen LogP contribution in [0.3, 0.4) is 0 Å². The average Bonchev–Trinajstić information content (AvgIpc) is 3.25. The lowest BCUT2D eigenvalue weighted by molar-refractivity contribution is -0.355. The highest BCUT2D eigenvalue weighted by Crippen LogP contribution is 2.35. The van der Waals surface area contributed by atoms with Crippen molar-refractivity contribution < 1.29 is 41.7 Å². The van der Waals surface area contributed by atoms with Crippen LogP contribution in [0.4, 0.5) is 17.6 Å². The minimum absolute atomic E-state index is 0.0169. The van der Waals surface area contributed by atoms with Gasteiger partial charge >= 0.3 is 6.36 Å². The van der Waals surface area contributed by atoms with Gasteiger partial charge < -0.3 is 19.9 Å². The third-order valence-electron chi connectivity index (χ3n) is 5.12. The smallest absolute Gasteiger partial charge is 0.493 e. The molecule has 206 valence electrons. The summed E-state index contributed by atoms with van der Waals surface area (Å²) >= 11 is 5.57. The highest BCUT2D eigenvalue weighted by molar-refractivity contribution is 6.30. The minimum atomic E-state index is -4.56. The molecule has 2 aliphatic rings. The van der Waals surface area contributed by atoms with Crippen LogP contribution in [0.1, 0.15) is 44.3 Å². The first-order chi connectivity index (χ1) is 17.6. The molecule has 2 N–H and O–H groups in total. The zero-order valence-corrected chi connectivity index (χ0v) is 21.0. The number of halogens is 5. The standard InChI is InChI=1S/C11H13F3N2O2.C9H8ClFO2.C4H9NO/c1-2-3-16-7-10(6-15-16)17-8-4-9(5-8)18-11(12,13)14;10-6-3-5-8(12)1-2-13-9(5)4-7(6)11;1-2-3-5-4-6/h2,6-9H,1,3-5H2;3-4,8,12H,1-2H2;4H,2-3H2,1H3,(H,5,6). The Bertz CT molecular complexity index is 999. The molecular weight excluding hydrogens is 522 g/mol. The van der Waals surface area contributed by atoms with Gasteiger partial charge in [-0.05, 0) is 12.5 Å². The van der Waals surface area contributed by atoms with E-state index >= 15 is 0 Å². The number of aliphatic hydroxyl groups excluding tert-OH is 1. The van der Waals surface area contributed by atoms with E-state index in [0.29, 0.717) is 43.0 Å². The van der Waals surface area contributed by atoms with Crippen molar-refractivity contribution in [3.05, 3.63) is 53.6 Å². The molecular formula is C24H30ClF4N3O5. The maximum absolute atomic E-state index is 12.9. The number of nitrogens with one attached hydrogen (secondary N) is 1. The summed E-state index contributed by atoms with van der Waals surface area (Å²) < 4.78 is 64.7. The van der Waals surface area contributed by atoms with E-state index in [1.165, 1.54) is 18.3 Å². The van der Waals surface area contributed by atoms with Gasteiger partial charge in [0.1, 0.15) is 17.7 Å². The lowest BCUT2D eigenvalue weighted by atomic mass is 9.92. The number of aromatic nitrogens is 2. The molecule has 4 rings (SSSR count). The highest BCUT2D eigenvalue weighted by Gasteiger charge is 2.41. The normalized spacial score (nSPS) is 19.9. The zero-order chi connectivity index (χ0) is 27.4. The monoisotopic (exact) mass is 551 g/mol. The molecule has 1 unspecified atom stereocenters. The molecule has 0 saturated heterocycles. The Morgan fingerprint density at radius 2 is 2.08 bits per heavy atom. The van der Waals surface area contributed by atoms with E-state index < -0.39 is 24.4 Å². The van der Waals surface area contributed by atoms with Crippen molar-refractivity contribution >= 4 is 18.0 Å². The van der Waals surface area contributed by atoms with Crippen LogP contribution in [0, 0.1) is 5.82 Å². The van der Waals surface area contributed by atoms with Gasteiger partial charge in [-0.3, -0.25) is 14.2 Å². The van der Waals surface area contributed by atoms with E-state index in [1.54, 1.807) is 17.0 Å². The Labute approximate surface area is 217 Å². The summed E-state index contributed by atoms with van der Waals surface area (Å²) in [7, 11) is 0. The quantitative estimate of drug-likeness (QED) is 0.209. The Morgan fingerprint density at radius 3 is 2.68 bits per heavy atom. The fraction of sp³-hybridized carbons (Fsp3) is 0.500. The molecule has 1 aromatic carbocycles. The molecule has 1 aliphatic carbocycles. The fourth-order valence-corrected chi connectivity index (χ4v) is 3.47. The van der Waals surface area contributed by atoms with Crippen molar-refractivity contribution in [3.8, 4) is 11.5 Å². The third kappa shape index (κ3) is 10.6. The number of rotatable bonds is 8. The predicted molar refractivity (Wildman–Crippen MR) is 128 cm³/mol. The van der Waals surface area contributed by atoms with Crippen molar-refractivity contribution in [2.24, 2.45) is 0 Å². The predicted octanol–water partition coefficient (Wildman–Crippen LogP) is 4.95. The number of benzene rings is 1. The summed E-state index contributed by atoms with van der Waals surface area (Å²) in [5.41, 5.74) is 0.567. The van der Waals surface area contributed by atoms with Gasteiger partial charge in [0, 0.05) is 37.4 Å². The van der Waals surface area contributed by atoms with Crippen LogP contribution in [0.5, 0.6) is 11.5 Å². The summed E-state index contributed by atoms with van der Waals surface area (Å²) in [5.74, 6) is 0.419. The fourth-order valence-electron chi connectivity index (χ4n) is 3.30. The van der Waals surface area contributed by atoms with Crippen LogP contribution in [0.2, 0.25) is 5.02 Å². The molecule has 1 aliphatic heterocycles. The second kappa shape index (κ2) is 14.8. The van der Waals surface area contributed by atoms with Crippen LogP contribution < -0.4 is 14.8 Å². The van der Waals surface area contributed by atoms with Gasteiger partial charge in [0.05, 0.1) is 42.8 Å². The number of fused-ring (bicyclic) bond motifs is 1. The number of aliphatic hydroxyl groups is 1. The minimum Gasteiger partial charge on any atom is -0.493 e. The molecule has 1 fully saturated rings. The Morgan fingerprint density at radius 1 is 1.35 bits per heavy atom. The van der Waals surface area contributed by atoms with E-state index in [9.17, 15) is 27.5 Å². The number of hydrogen-bond donors (Lipinski definition) is 2. The molecule has 1 amide bonds. The molecule has 2 aromatic rings. The van der Waals surface area contributed by atoms with E-state index in [2.05, 4.69) is 21.7 Å². The average molecular weight is 552 g/mol. The number of carbonyl (C=O) groups is 1. The number of amides is 1. The van der Waals surface area contributed by atoms with Gasteiger partial charge in [-0.2, -0.15) is 5.10 Å². The summed E-state index contributed by atoms with van der Waals surface area (Å²) in [6.07, 6.45) is 1.44. The van der Waals surface area contributed by atoms with Crippen LogP contribution in [-0.2, 0) is 16.1 Å². The van der Waals surface area contributed by atoms with Crippen LogP contribution in [0.15, 0.2) is 37.2 Å². The first kappa shape index (κ1) is 30.4. The van der Waals surface area contributed by atoms with E-state index in [-0.39, 0.29) is 24.0 Å². The maximum Gasteiger partial charge on any atom is 0.522 e. The SMILES string of the molecule is C=CCn1cc(OC2CC(OC(F)(F)F)C2)cn1.CCCNC=O.OC1CCOc2cc(F)c(Cl)cc21. The number of carbonyl (C=O) groups excluding carboxylic acids is 1. The van der Waals surface area contributed by atoms with Gasteiger partial charge in [-0.15, -0.1) is 19.8 Å². The van der Waals surface area contributed by atoms with Gasteiger partial charge in [-0.25, -0.2) is 4.39 Å². The number of allylic oxidation sites excluding steroid dienone is 1. The molecule has 8 nitrogen and oxygen atoms in total. The molecule has 37 heavy (non-hydrogen) atoms. The first-order valence-electron chi connectivity index (χ1n) is 11.6. The van der Waals surface area contributed by atoms with E-state index in [4.69, 9.17) is 21.1 Å². The molecule has 0 radical (unpaired) electrons. The Kier molecular flexibility index (Phi) is 12.2. The number of alkyl halides is 3. The number of hydrogen-bond acceptors (Lipinski definition) is 6. The van der Waals surface area contributed by atoms with Crippen molar-refractivity contribution in [3.63, 3.8) is 0 Å². The first-order valence-corrected chi connectivity index (χ1v) is 11.9. The summed E-state index contributed by atoms with van der Waals surface area (Å²) in [6, 6.07) is 2.62. The van der Waals surface area contributed by atoms with Gasteiger partial charge in [-0.1, -0.05) is 24.6 Å². The number of nitrogens with zero attached hydrogens (tertiary/aromatic N) is 2. The van der Waals surface area contributed by atoms with Crippen LogP contribution in [0.25, 0.3) is 0 Å². The van der Waals surface area contributed by atoms with Crippen molar-refractivity contribution in [1.29, 1.82) is 0 Å². The molecule has 0 spiro atoms. The van der Waals surface area contributed by atoms with Crippen molar-refractivity contribution in [2.45, 2.75) is 63.8 Å². The second-order valence-electron chi connectivity index (χ2n) is 8.11. The summed E-state index contributed by atoms with van der Waals surface area (Å²) in [6.45, 7) is 7.35. The molecule has 1 aromatic heterocycles. The zero-order valence-electron chi connectivity index (χ0n) is 20.2. The van der Waals surface area contributed by atoms with Gasteiger partial charge in [0.25, 0.3) is 0 Å². The second-order valence-corrected chi connectivity index (χ2v) is 8.52. The number of ether oxygens (including phenoxy) is 3. The molecule has 1 atom stereocenters. The van der Waals surface area contributed by atoms with Crippen molar-refractivity contribution in [1.82, 2.24) is 15.1 Å².